The van der Waals surface area contributed by atoms with Gasteiger partial charge < -0.3 is 19.1 Å². The summed E-state index contributed by atoms with van der Waals surface area (Å²) in [6.45, 7) is 3.00. The van der Waals surface area contributed by atoms with Crippen molar-refractivity contribution in [3.8, 4) is 0 Å². The summed E-state index contributed by atoms with van der Waals surface area (Å²) < 4.78 is 12.7. The Bertz CT molecular complexity index is 507. The predicted molar refractivity (Wildman–Crippen MR) is 75.2 cm³/mol. The first-order valence-corrected chi connectivity index (χ1v) is 6.61. The molecule has 0 unspecified atom stereocenters. The van der Waals surface area contributed by atoms with Crippen LogP contribution in [0.3, 0.4) is 0 Å². The van der Waals surface area contributed by atoms with Crippen LogP contribution in [0.5, 0.6) is 0 Å². The van der Waals surface area contributed by atoms with Crippen LogP contribution in [0.2, 0.25) is 0 Å². The van der Waals surface area contributed by atoms with E-state index >= 15 is 0 Å². The number of nitrogens with zero attached hydrogens (tertiary/aromatic N) is 1. The van der Waals surface area contributed by atoms with Gasteiger partial charge in [0, 0.05) is 38.6 Å². The summed E-state index contributed by atoms with van der Waals surface area (Å²) in [4.78, 5) is 0. The maximum Gasteiger partial charge on any atom is 0.0702 e. The summed E-state index contributed by atoms with van der Waals surface area (Å²) in [6, 6.07) is 8.06. The first kappa shape index (κ1) is 14.1. The van der Waals surface area contributed by atoms with E-state index < -0.39 is 0 Å². The number of benzene rings is 1. The molecule has 0 saturated carbocycles. The van der Waals surface area contributed by atoms with Crippen LogP contribution in [-0.4, -0.2) is 36.6 Å². The first-order chi connectivity index (χ1) is 9.36. The van der Waals surface area contributed by atoms with E-state index in [0.717, 1.165) is 42.6 Å². The number of fused-ring (bicyclic) bond motifs is 1. The van der Waals surface area contributed by atoms with Crippen molar-refractivity contribution in [3.63, 3.8) is 0 Å². The number of hydrogen-bond acceptors (Lipinski definition) is 3. The van der Waals surface area contributed by atoms with Gasteiger partial charge in [-0.3, -0.25) is 0 Å². The Hall–Kier alpha value is -1.36. The number of aliphatic hydroxyl groups excluding tert-OH is 1. The van der Waals surface area contributed by atoms with Crippen molar-refractivity contribution < 1.29 is 14.6 Å². The lowest BCUT2D eigenvalue weighted by Crippen LogP contribution is -2.07. The van der Waals surface area contributed by atoms with Gasteiger partial charge in [-0.2, -0.15) is 0 Å². The average Bonchev–Trinajstić information content (AvgIpc) is 2.86. The zero-order valence-corrected chi connectivity index (χ0v) is 11.3. The van der Waals surface area contributed by atoms with Crippen LogP contribution in [0.25, 0.3) is 10.9 Å². The van der Waals surface area contributed by atoms with Gasteiger partial charge in [-0.15, -0.1) is 0 Å². The summed E-state index contributed by atoms with van der Waals surface area (Å²) >= 11 is 0. The van der Waals surface area contributed by atoms with Crippen molar-refractivity contribution >= 4 is 10.9 Å². The van der Waals surface area contributed by atoms with Gasteiger partial charge in [0.1, 0.15) is 0 Å². The fourth-order valence-electron chi connectivity index (χ4n) is 2.22. The molecule has 0 aliphatic carbocycles. The molecule has 1 heterocycles. The maximum atomic E-state index is 9.39. The predicted octanol–water partition coefficient (Wildman–Crippen LogP) is 2.19. The molecule has 0 spiro atoms. The lowest BCUT2D eigenvalue weighted by molar-refractivity contribution is 0.0982. The molecule has 0 bridgehead atoms. The minimum Gasteiger partial charge on any atom is -0.392 e. The molecule has 1 N–H and O–H groups in total. The SMILES string of the molecule is COCCCOCCn1ccc2cccc(CO)c21. The number of rotatable bonds is 8. The van der Waals surface area contributed by atoms with Crippen LogP contribution in [-0.2, 0) is 22.6 Å². The van der Waals surface area contributed by atoms with Crippen molar-refractivity contribution in [3.05, 3.63) is 36.0 Å². The molecular formula is C15H21NO3. The molecular weight excluding hydrogens is 242 g/mol. The monoisotopic (exact) mass is 263 g/mol. The van der Waals surface area contributed by atoms with Crippen LogP contribution in [0.1, 0.15) is 12.0 Å². The molecule has 19 heavy (non-hydrogen) atoms. The van der Waals surface area contributed by atoms with Gasteiger partial charge in [0.2, 0.25) is 0 Å². The number of ether oxygens (including phenoxy) is 2. The standard InChI is InChI=1S/C15H21NO3/c1-18-9-3-10-19-11-8-16-7-6-13-4-2-5-14(12-17)15(13)16/h2,4-7,17H,3,8-12H2,1H3. The van der Waals surface area contributed by atoms with Gasteiger partial charge in [0.15, 0.2) is 0 Å². The molecule has 104 valence electrons. The second-order valence-corrected chi connectivity index (χ2v) is 4.48. The van der Waals surface area contributed by atoms with Crippen LogP contribution >= 0.6 is 0 Å². The van der Waals surface area contributed by atoms with Crippen molar-refractivity contribution in [2.75, 3.05) is 26.9 Å². The zero-order chi connectivity index (χ0) is 13.5. The molecule has 0 aliphatic heterocycles. The van der Waals surface area contributed by atoms with Crippen LogP contribution < -0.4 is 0 Å². The van der Waals surface area contributed by atoms with Crippen LogP contribution in [0.15, 0.2) is 30.5 Å². The molecule has 2 rings (SSSR count). The summed E-state index contributed by atoms with van der Waals surface area (Å²) in [5.74, 6) is 0. The third-order valence-corrected chi connectivity index (χ3v) is 3.16. The Morgan fingerprint density at radius 2 is 2.05 bits per heavy atom. The van der Waals surface area contributed by atoms with Gasteiger partial charge in [-0.1, -0.05) is 18.2 Å². The number of aliphatic hydroxyl groups is 1. The van der Waals surface area contributed by atoms with E-state index in [-0.39, 0.29) is 6.61 Å². The molecule has 1 aromatic carbocycles. The Balaban J connectivity index is 1.93. The largest absolute Gasteiger partial charge is 0.392 e. The van der Waals surface area contributed by atoms with Gasteiger partial charge in [0.25, 0.3) is 0 Å². The van der Waals surface area contributed by atoms with E-state index in [0.29, 0.717) is 6.61 Å². The van der Waals surface area contributed by atoms with Crippen molar-refractivity contribution in [2.24, 2.45) is 0 Å². The molecule has 0 amide bonds. The zero-order valence-electron chi connectivity index (χ0n) is 11.3. The lowest BCUT2D eigenvalue weighted by atomic mass is 10.1. The van der Waals surface area contributed by atoms with E-state index in [4.69, 9.17) is 9.47 Å². The topological polar surface area (TPSA) is 43.6 Å². The lowest BCUT2D eigenvalue weighted by Gasteiger charge is -2.09. The minimum atomic E-state index is 0.0655. The van der Waals surface area contributed by atoms with Crippen LogP contribution in [0.4, 0.5) is 0 Å². The Kier molecular flexibility index (Phi) is 5.39. The highest BCUT2D eigenvalue weighted by atomic mass is 16.5. The average molecular weight is 263 g/mol. The third-order valence-electron chi connectivity index (χ3n) is 3.16. The van der Waals surface area contributed by atoms with E-state index in [1.807, 2.05) is 18.3 Å². The molecule has 0 saturated heterocycles. The molecule has 4 nitrogen and oxygen atoms in total. The summed E-state index contributed by atoms with van der Waals surface area (Å²) in [5, 5.41) is 10.5. The smallest absolute Gasteiger partial charge is 0.0702 e. The first-order valence-electron chi connectivity index (χ1n) is 6.61. The molecule has 4 heteroatoms. The van der Waals surface area contributed by atoms with Gasteiger partial charge in [-0.25, -0.2) is 0 Å². The summed E-state index contributed by atoms with van der Waals surface area (Å²) in [7, 11) is 1.70. The maximum absolute atomic E-state index is 9.39. The fraction of sp³-hybridized carbons (Fsp3) is 0.467. The fourth-order valence-corrected chi connectivity index (χ4v) is 2.22. The van der Waals surface area contributed by atoms with Gasteiger partial charge >= 0.3 is 0 Å². The van der Waals surface area contributed by atoms with E-state index in [2.05, 4.69) is 16.7 Å². The normalized spacial score (nSPS) is 11.3. The van der Waals surface area contributed by atoms with Crippen molar-refractivity contribution in [2.45, 2.75) is 19.6 Å². The van der Waals surface area contributed by atoms with Crippen molar-refractivity contribution in [1.82, 2.24) is 4.57 Å². The molecule has 2 aromatic rings. The molecule has 1 aromatic heterocycles. The Labute approximate surface area is 113 Å². The summed E-state index contributed by atoms with van der Waals surface area (Å²) in [5.41, 5.74) is 2.06. The van der Waals surface area contributed by atoms with Crippen molar-refractivity contribution in [1.29, 1.82) is 0 Å². The molecule has 0 radical (unpaired) electrons. The second kappa shape index (κ2) is 7.28. The molecule has 0 fully saturated rings. The van der Waals surface area contributed by atoms with E-state index in [1.165, 1.54) is 0 Å². The highest BCUT2D eigenvalue weighted by Gasteiger charge is 2.05. The van der Waals surface area contributed by atoms with Gasteiger partial charge in [0.05, 0.1) is 18.7 Å². The minimum absolute atomic E-state index is 0.0655. The molecule has 0 atom stereocenters. The summed E-state index contributed by atoms with van der Waals surface area (Å²) in [6.07, 6.45) is 2.97. The number of para-hydroxylation sites is 1. The van der Waals surface area contributed by atoms with E-state index in [1.54, 1.807) is 7.11 Å². The molecule has 0 aliphatic rings. The van der Waals surface area contributed by atoms with E-state index in [9.17, 15) is 5.11 Å². The number of hydrogen-bond donors (Lipinski definition) is 1. The highest BCUT2D eigenvalue weighted by Crippen LogP contribution is 2.20. The van der Waals surface area contributed by atoms with Crippen LogP contribution in [0, 0.1) is 0 Å². The number of aromatic nitrogens is 1. The Morgan fingerprint density at radius 3 is 2.84 bits per heavy atom. The number of methoxy groups -OCH3 is 1. The highest BCUT2D eigenvalue weighted by molar-refractivity contribution is 5.83. The second-order valence-electron chi connectivity index (χ2n) is 4.48. The third kappa shape index (κ3) is 3.56. The quantitative estimate of drug-likeness (QED) is 0.742. The van der Waals surface area contributed by atoms with Gasteiger partial charge in [-0.05, 0) is 17.9 Å². The Morgan fingerprint density at radius 1 is 1.16 bits per heavy atom.